The number of carbonyl (C=O) groups excluding carboxylic acids is 1. The number of amides is 1. The van der Waals surface area contributed by atoms with Crippen LogP contribution in [0.4, 0.5) is 15.8 Å². The fourth-order valence-corrected chi connectivity index (χ4v) is 2.13. The molecule has 0 saturated carbocycles. The van der Waals surface area contributed by atoms with Crippen LogP contribution in [0, 0.1) is 5.82 Å². The minimum absolute atomic E-state index is 0.0665. The number of carbonyl (C=O) groups is 1. The van der Waals surface area contributed by atoms with Crippen molar-refractivity contribution in [2.45, 2.75) is 19.4 Å². The first-order chi connectivity index (χ1) is 9.22. The average molecular weight is 260 g/mol. The van der Waals surface area contributed by atoms with Gasteiger partial charge in [0.25, 0.3) is 0 Å². The summed E-state index contributed by atoms with van der Waals surface area (Å²) in [6.45, 7) is 0.426. The Kier molecular flexibility index (Phi) is 2.95. The van der Waals surface area contributed by atoms with Crippen LogP contribution >= 0.6 is 0 Å². The van der Waals surface area contributed by atoms with Gasteiger partial charge in [-0.25, -0.2) is 4.39 Å². The molecule has 0 unspecified atom stereocenters. The Bertz CT molecular complexity index is 608. The molecular weight excluding hydrogens is 247 g/mol. The molecule has 3 rings (SSSR count). The summed E-state index contributed by atoms with van der Waals surface area (Å²) in [5.41, 5.74) is 1.94. The first-order valence-corrected chi connectivity index (χ1v) is 6.11. The van der Waals surface area contributed by atoms with Crippen LogP contribution in [0.5, 0.6) is 0 Å². The zero-order valence-electron chi connectivity index (χ0n) is 10.2. The summed E-state index contributed by atoms with van der Waals surface area (Å²) in [4.78, 5) is 11.2. The van der Waals surface area contributed by atoms with Gasteiger partial charge in [-0.2, -0.15) is 0 Å². The third kappa shape index (κ3) is 2.45. The molecular formula is C14H13FN2O2. The largest absolute Gasteiger partial charge is 0.467 e. The molecule has 1 aliphatic heterocycles. The second-order valence-electron chi connectivity index (χ2n) is 4.47. The van der Waals surface area contributed by atoms with Gasteiger partial charge in [0.1, 0.15) is 11.6 Å². The van der Waals surface area contributed by atoms with Crippen molar-refractivity contribution >= 4 is 17.3 Å². The summed E-state index contributed by atoms with van der Waals surface area (Å²) in [5.74, 6) is 0.293. The van der Waals surface area contributed by atoms with Crippen molar-refractivity contribution in [2.75, 3.05) is 10.6 Å². The van der Waals surface area contributed by atoms with Crippen LogP contribution < -0.4 is 10.6 Å². The highest BCUT2D eigenvalue weighted by Gasteiger charge is 2.17. The third-order valence-electron chi connectivity index (χ3n) is 3.12. The van der Waals surface area contributed by atoms with Crippen LogP contribution in [0.3, 0.4) is 0 Å². The lowest BCUT2D eigenvalue weighted by molar-refractivity contribution is -0.116. The van der Waals surface area contributed by atoms with Gasteiger partial charge in [-0.3, -0.25) is 4.79 Å². The lowest BCUT2D eigenvalue weighted by Gasteiger charge is -2.18. The molecule has 19 heavy (non-hydrogen) atoms. The monoisotopic (exact) mass is 260 g/mol. The molecule has 1 aliphatic rings. The standard InChI is InChI=1S/C14H13FN2O2/c15-11-7-12-9(3-4-14(18)17-12)6-13(11)16-8-10-2-1-5-19-10/h1-2,5-7,16H,3-4,8H2,(H,17,18). The van der Waals surface area contributed by atoms with Crippen LogP contribution in [0.2, 0.25) is 0 Å². The fraction of sp³-hybridized carbons (Fsp3) is 0.214. The van der Waals surface area contributed by atoms with Crippen LogP contribution in [0.15, 0.2) is 34.9 Å². The molecule has 0 aliphatic carbocycles. The summed E-state index contributed by atoms with van der Waals surface area (Å²) in [6.07, 6.45) is 2.66. The molecule has 98 valence electrons. The van der Waals surface area contributed by atoms with E-state index in [0.717, 1.165) is 11.3 Å². The minimum Gasteiger partial charge on any atom is -0.467 e. The van der Waals surface area contributed by atoms with Crippen molar-refractivity contribution < 1.29 is 13.6 Å². The smallest absolute Gasteiger partial charge is 0.224 e. The number of nitrogens with one attached hydrogen (secondary N) is 2. The van der Waals surface area contributed by atoms with E-state index in [-0.39, 0.29) is 11.7 Å². The van der Waals surface area contributed by atoms with E-state index in [9.17, 15) is 9.18 Å². The molecule has 0 spiro atoms. The number of hydrogen-bond donors (Lipinski definition) is 2. The molecule has 0 atom stereocenters. The molecule has 5 heteroatoms. The quantitative estimate of drug-likeness (QED) is 0.892. The molecule has 1 aromatic carbocycles. The Labute approximate surface area is 109 Å². The minimum atomic E-state index is -0.382. The Balaban J connectivity index is 1.80. The number of hydrogen-bond acceptors (Lipinski definition) is 3. The van der Waals surface area contributed by atoms with Crippen molar-refractivity contribution in [1.82, 2.24) is 0 Å². The molecule has 4 nitrogen and oxygen atoms in total. The highest BCUT2D eigenvalue weighted by Crippen LogP contribution is 2.28. The van der Waals surface area contributed by atoms with Gasteiger partial charge in [-0.05, 0) is 36.2 Å². The van der Waals surface area contributed by atoms with Gasteiger partial charge in [0, 0.05) is 12.1 Å². The van der Waals surface area contributed by atoms with Crippen LogP contribution in [0.25, 0.3) is 0 Å². The van der Waals surface area contributed by atoms with E-state index in [2.05, 4.69) is 10.6 Å². The number of aryl methyl sites for hydroxylation is 1. The number of halogens is 1. The lowest BCUT2D eigenvalue weighted by atomic mass is 10.0. The van der Waals surface area contributed by atoms with E-state index in [4.69, 9.17) is 4.42 Å². The summed E-state index contributed by atoms with van der Waals surface area (Å²) >= 11 is 0. The number of fused-ring (bicyclic) bond motifs is 1. The van der Waals surface area contributed by atoms with E-state index in [0.29, 0.717) is 30.8 Å². The molecule has 1 amide bonds. The molecule has 0 saturated heterocycles. The van der Waals surface area contributed by atoms with E-state index in [1.54, 1.807) is 18.4 Å². The Morgan fingerprint density at radius 1 is 1.37 bits per heavy atom. The van der Waals surface area contributed by atoms with Gasteiger partial charge in [-0.1, -0.05) is 0 Å². The first kappa shape index (κ1) is 11.8. The van der Waals surface area contributed by atoms with E-state index >= 15 is 0 Å². The Hall–Kier alpha value is -2.30. The van der Waals surface area contributed by atoms with Crippen molar-refractivity contribution in [2.24, 2.45) is 0 Å². The molecule has 2 N–H and O–H groups in total. The van der Waals surface area contributed by atoms with E-state index in [1.165, 1.54) is 6.07 Å². The van der Waals surface area contributed by atoms with Crippen molar-refractivity contribution in [1.29, 1.82) is 0 Å². The normalized spacial score (nSPS) is 13.8. The highest BCUT2D eigenvalue weighted by molar-refractivity contribution is 5.94. The van der Waals surface area contributed by atoms with Gasteiger partial charge in [-0.15, -0.1) is 0 Å². The maximum Gasteiger partial charge on any atom is 0.224 e. The maximum absolute atomic E-state index is 13.9. The average Bonchev–Trinajstić information content (AvgIpc) is 2.89. The van der Waals surface area contributed by atoms with Gasteiger partial charge in [0.05, 0.1) is 18.5 Å². The Morgan fingerprint density at radius 2 is 2.26 bits per heavy atom. The first-order valence-electron chi connectivity index (χ1n) is 6.11. The molecule has 1 aromatic heterocycles. The van der Waals surface area contributed by atoms with Gasteiger partial charge in [0.2, 0.25) is 5.91 Å². The number of benzene rings is 1. The molecule has 0 fully saturated rings. The van der Waals surface area contributed by atoms with E-state index < -0.39 is 0 Å². The molecule has 0 bridgehead atoms. The Morgan fingerprint density at radius 3 is 3.05 bits per heavy atom. The summed E-state index contributed by atoms with van der Waals surface area (Å²) in [5, 5.41) is 5.67. The highest BCUT2D eigenvalue weighted by atomic mass is 19.1. The van der Waals surface area contributed by atoms with Crippen LogP contribution in [-0.2, 0) is 17.8 Å². The summed E-state index contributed by atoms with van der Waals surface area (Å²) < 4.78 is 19.1. The predicted molar refractivity (Wildman–Crippen MR) is 69.4 cm³/mol. The predicted octanol–water partition coefficient (Wildman–Crippen LogP) is 2.92. The van der Waals surface area contributed by atoms with Gasteiger partial charge >= 0.3 is 0 Å². The molecule has 0 radical (unpaired) electrons. The number of furan rings is 1. The van der Waals surface area contributed by atoms with Crippen molar-refractivity contribution in [3.05, 3.63) is 47.7 Å². The topological polar surface area (TPSA) is 54.3 Å². The summed E-state index contributed by atoms with van der Waals surface area (Å²) in [6, 6.07) is 6.71. The van der Waals surface area contributed by atoms with Gasteiger partial charge < -0.3 is 15.1 Å². The zero-order chi connectivity index (χ0) is 13.2. The third-order valence-corrected chi connectivity index (χ3v) is 3.12. The van der Waals surface area contributed by atoms with E-state index in [1.807, 2.05) is 6.07 Å². The molecule has 2 heterocycles. The SMILES string of the molecule is O=C1CCc2cc(NCc3ccco3)c(F)cc2N1. The van der Waals surface area contributed by atoms with Crippen LogP contribution in [0.1, 0.15) is 17.7 Å². The zero-order valence-corrected chi connectivity index (χ0v) is 10.2. The molecule has 2 aromatic rings. The fourth-order valence-electron chi connectivity index (χ4n) is 2.13. The second kappa shape index (κ2) is 4.76. The second-order valence-corrected chi connectivity index (χ2v) is 4.47. The number of anilines is 2. The van der Waals surface area contributed by atoms with Crippen LogP contribution in [-0.4, -0.2) is 5.91 Å². The lowest BCUT2D eigenvalue weighted by Crippen LogP contribution is -2.19. The summed E-state index contributed by atoms with van der Waals surface area (Å²) in [7, 11) is 0. The van der Waals surface area contributed by atoms with Gasteiger partial charge in [0.15, 0.2) is 0 Å². The van der Waals surface area contributed by atoms with Crippen molar-refractivity contribution in [3.63, 3.8) is 0 Å². The van der Waals surface area contributed by atoms with Crippen molar-refractivity contribution in [3.8, 4) is 0 Å². The number of rotatable bonds is 3. The maximum atomic E-state index is 13.9.